The Morgan fingerprint density at radius 1 is 1.25 bits per heavy atom. The Kier molecular flexibility index (Phi) is 2.93. The molecule has 1 aliphatic carbocycles. The van der Waals surface area contributed by atoms with Crippen molar-refractivity contribution in [1.82, 2.24) is 0 Å². The van der Waals surface area contributed by atoms with Crippen LogP contribution in [0.15, 0.2) is 24.3 Å². The van der Waals surface area contributed by atoms with Gasteiger partial charge in [0, 0.05) is 0 Å². The summed E-state index contributed by atoms with van der Waals surface area (Å²) in [6.45, 7) is 0. The van der Waals surface area contributed by atoms with Crippen molar-refractivity contribution in [2.75, 3.05) is 0 Å². The fourth-order valence-corrected chi connectivity index (χ4v) is 1.94. The van der Waals surface area contributed by atoms with E-state index in [0.717, 1.165) is 18.4 Å². The highest BCUT2D eigenvalue weighted by Gasteiger charge is 2.38. The van der Waals surface area contributed by atoms with E-state index in [9.17, 15) is 13.2 Å². The van der Waals surface area contributed by atoms with Crippen LogP contribution in [0.25, 0.3) is 0 Å². The second kappa shape index (κ2) is 4.09. The lowest BCUT2D eigenvalue weighted by Crippen LogP contribution is -2.28. The summed E-state index contributed by atoms with van der Waals surface area (Å²) in [5.74, 6) is 0.431. The Morgan fingerprint density at radius 2 is 1.94 bits per heavy atom. The number of rotatable bonds is 2. The quantitative estimate of drug-likeness (QED) is 0.825. The molecule has 1 unspecified atom stereocenters. The van der Waals surface area contributed by atoms with Gasteiger partial charge in [-0.2, -0.15) is 13.2 Å². The van der Waals surface area contributed by atoms with E-state index in [4.69, 9.17) is 5.73 Å². The molecule has 1 aromatic rings. The first-order valence-electron chi connectivity index (χ1n) is 5.40. The van der Waals surface area contributed by atoms with Gasteiger partial charge in [-0.05, 0) is 29.9 Å². The van der Waals surface area contributed by atoms with E-state index in [1.54, 1.807) is 12.1 Å². The summed E-state index contributed by atoms with van der Waals surface area (Å²) in [4.78, 5) is 0. The predicted octanol–water partition coefficient (Wildman–Crippen LogP) is 3.52. The number of alkyl halides is 3. The Hall–Kier alpha value is -1.03. The molecule has 0 spiro atoms. The highest BCUT2D eigenvalue weighted by Crippen LogP contribution is 2.38. The summed E-state index contributed by atoms with van der Waals surface area (Å²) in [7, 11) is 0. The molecule has 2 rings (SSSR count). The van der Waals surface area contributed by atoms with Gasteiger partial charge in [-0.3, -0.25) is 0 Å². The summed E-state index contributed by atoms with van der Waals surface area (Å²) in [5.41, 5.74) is 6.33. The summed E-state index contributed by atoms with van der Waals surface area (Å²) in [5, 5.41) is 0. The van der Waals surface area contributed by atoms with Crippen LogP contribution in [-0.2, 0) is 0 Å². The molecule has 88 valence electrons. The molecule has 0 heterocycles. The van der Waals surface area contributed by atoms with Crippen LogP contribution >= 0.6 is 0 Å². The topological polar surface area (TPSA) is 26.0 Å². The van der Waals surface area contributed by atoms with Crippen LogP contribution in [0.5, 0.6) is 0 Å². The Bertz CT molecular complexity index is 369. The van der Waals surface area contributed by atoms with Crippen LogP contribution in [0, 0.1) is 0 Å². The minimum Gasteiger partial charge on any atom is -0.316 e. The summed E-state index contributed by atoms with van der Waals surface area (Å²) in [6.07, 6.45) is -1.05. The maximum Gasteiger partial charge on any atom is 0.407 e. The van der Waals surface area contributed by atoms with Crippen molar-refractivity contribution in [2.24, 2.45) is 5.73 Å². The van der Waals surface area contributed by atoms with Crippen LogP contribution in [0.2, 0.25) is 0 Å². The molecule has 1 atom stereocenters. The average molecular weight is 229 g/mol. The summed E-state index contributed by atoms with van der Waals surface area (Å²) < 4.78 is 37.3. The van der Waals surface area contributed by atoms with Gasteiger partial charge in [0.1, 0.15) is 6.04 Å². The lowest BCUT2D eigenvalue weighted by molar-refractivity contribution is -0.149. The number of hydrogen-bond acceptors (Lipinski definition) is 1. The van der Waals surface area contributed by atoms with Crippen LogP contribution in [0.4, 0.5) is 13.2 Å². The van der Waals surface area contributed by atoms with E-state index in [-0.39, 0.29) is 5.56 Å². The maximum atomic E-state index is 12.4. The average Bonchev–Trinajstić information content (AvgIpc) is 2.13. The summed E-state index contributed by atoms with van der Waals surface area (Å²) in [6, 6.07) is 4.72. The van der Waals surface area contributed by atoms with Crippen molar-refractivity contribution >= 4 is 0 Å². The molecule has 16 heavy (non-hydrogen) atoms. The van der Waals surface area contributed by atoms with E-state index >= 15 is 0 Å². The second-order valence-corrected chi connectivity index (χ2v) is 4.32. The highest BCUT2D eigenvalue weighted by atomic mass is 19.4. The van der Waals surface area contributed by atoms with E-state index in [1.165, 1.54) is 12.5 Å². The van der Waals surface area contributed by atoms with Crippen LogP contribution < -0.4 is 5.73 Å². The molecule has 0 radical (unpaired) electrons. The first kappa shape index (κ1) is 11.5. The molecule has 0 aromatic heterocycles. The zero-order chi connectivity index (χ0) is 11.8. The number of benzene rings is 1. The molecular formula is C12H14F3N. The van der Waals surface area contributed by atoms with Gasteiger partial charge in [0.25, 0.3) is 0 Å². The van der Waals surface area contributed by atoms with Crippen molar-refractivity contribution in [1.29, 1.82) is 0 Å². The lowest BCUT2D eigenvalue weighted by Gasteiger charge is -2.27. The second-order valence-electron chi connectivity index (χ2n) is 4.32. The number of hydrogen-bond donors (Lipinski definition) is 1. The molecule has 0 bridgehead atoms. The number of halogens is 3. The lowest BCUT2D eigenvalue weighted by atomic mass is 9.79. The molecule has 4 heteroatoms. The molecule has 0 amide bonds. The van der Waals surface area contributed by atoms with Gasteiger partial charge < -0.3 is 5.73 Å². The molecule has 1 aromatic carbocycles. The van der Waals surface area contributed by atoms with Crippen molar-refractivity contribution in [2.45, 2.75) is 37.4 Å². The van der Waals surface area contributed by atoms with Crippen LogP contribution in [0.1, 0.15) is 42.3 Å². The standard InChI is InChI=1S/C12H14F3N/c13-12(14,15)11(16)10-6-2-5-9(7-10)8-3-1-4-8/h2,5-8,11H,1,3-4,16H2. The van der Waals surface area contributed by atoms with E-state index in [0.29, 0.717) is 5.92 Å². The zero-order valence-electron chi connectivity index (χ0n) is 8.80. The smallest absolute Gasteiger partial charge is 0.316 e. The van der Waals surface area contributed by atoms with E-state index in [1.807, 2.05) is 6.07 Å². The van der Waals surface area contributed by atoms with Gasteiger partial charge in [0.15, 0.2) is 0 Å². The van der Waals surface area contributed by atoms with Gasteiger partial charge in [0.05, 0.1) is 0 Å². The first-order valence-corrected chi connectivity index (χ1v) is 5.40. The molecule has 1 saturated carbocycles. The minimum atomic E-state index is -4.36. The maximum absolute atomic E-state index is 12.4. The third-order valence-corrected chi connectivity index (χ3v) is 3.20. The Balaban J connectivity index is 2.21. The third kappa shape index (κ3) is 2.21. The van der Waals surface area contributed by atoms with Gasteiger partial charge >= 0.3 is 6.18 Å². The van der Waals surface area contributed by atoms with Gasteiger partial charge in [-0.25, -0.2) is 0 Å². The Morgan fingerprint density at radius 3 is 2.44 bits per heavy atom. The normalized spacial score (nSPS) is 19.2. The van der Waals surface area contributed by atoms with E-state index < -0.39 is 12.2 Å². The molecular weight excluding hydrogens is 215 g/mol. The molecule has 1 fully saturated rings. The minimum absolute atomic E-state index is 0.164. The first-order chi connectivity index (χ1) is 7.48. The van der Waals surface area contributed by atoms with Gasteiger partial charge in [-0.15, -0.1) is 0 Å². The molecule has 1 nitrogen and oxygen atoms in total. The Labute approximate surface area is 92.5 Å². The summed E-state index contributed by atoms with van der Waals surface area (Å²) >= 11 is 0. The van der Waals surface area contributed by atoms with Crippen molar-refractivity contribution in [3.05, 3.63) is 35.4 Å². The number of nitrogens with two attached hydrogens (primary N) is 1. The van der Waals surface area contributed by atoms with Crippen LogP contribution in [-0.4, -0.2) is 6.18 Å². The zero-order valence-corrected chi connectivity index (χ0v) is 8.80. The molecule has 0 saturated heterocycles. The van der Waals surface area contributed by atoms with Gasteiger partial charge in [-0.1, -0.05) is 30.7 Å². The predicted molar refractivity (Wildman–Crippen MR) is 56.0 cm³/mol. The largest absolute Gasteiger partial charge is 0.407 e. The van der Waals surface area contributed by atoms with Crippen molar-refractivity contribution in [3.63, 3.8) is 0 Å². The molecule has 0 aliphatic heterocycles. The van der Waals surface area contributed by atoms with E-state index in [2.05, 4.69) is 0 Å². The third-order valence-electron chi connectivity index (χ3n) is 3.20. The van der Waals surface area contributed by atoms with Gasteiger partial charge in [0.2, 0.25) is 0 Å². The SMILES string of the molecule is NC(c1cccc(C2CCC2)c1)C(F)(F)F. The van der Waals surface area contributed by atoms with Crippen molar-refractivity contribution < 1.29 is 13.2 Å². The molecule has 2 N–H and O–H groups in total. The highest BCUT2D eigenvalue weighted by molar-refractivity contribution is 5.30. The monoisotopic (exact) mass is 229 g/mol. The fraction of sp³-hybridized carbons (Fsp3) is 0.500. The van der Waals surface area contributed by atoms with Crippen LogP contribution in [0.3, 0.4) is 0 Å². The molecule has 1 aliphatic rings. The van der Waals surface area contributed by atoms with Crippen molar-refractivity contribution in [3.8, 4) is 0 Å². The fourth-order valence-electron chi connectivity index (χ4n) is 1.94.